The molecule has 9 aromatic carbocycles. The summed E-state index contributed by atoms with van der Waals surface area (Å²) in [7, 11) is 0. The Morgan fingerprint density at radius 1 is 0.198 bits per heavy atom. The van der Waals surface area contributed by atoms with Crippen molar-refractivity contribution < 1.29 is 0 Å². The van der Waals surface area contributed by atoms with Crippen LogP contribution in [-0.2, 0) is 0 Å². The minimum absolute atomic E-state index is 0.551. The smallest absolute Gasteiger partial charge is 0.181 e. The lowest BCUT2D eigenvalue weighted by molar-refractivity contribution is 1.04. The van der Waals surface area contributed by atoms with Crippen molar-refractivity contribution in [1.29, 1.82) is 0 Å². The van der Waals surface area contributed by atoms with E-state index in [1.165, 1.54) is 25.3 Å². The van der Waals surface area contributed by atoms with Crippen molar-refractivity contribution in [1.82, 2.24) is 69.8 Å². The van der Waals surface area contributed by atoms with E-state index < -0.39 is 0 Å². The van der Waals surface area contributed by atoms with Crippen molar-refractivity contribution in [3.8, 4) is 90.2 Å². The van der Waals surface area contributed by atoms with E-state index in [0.717, 1.165) is 165 Å². The van der Waals surface area contributed by atoms with E-state index in [4.69, 9.17) is 24.9 Å². The molecule has 14 nitrogen and oxygen atoms in total. The Balaban J connectivity index is 0.000000141. The molecule has 0 saturated carbocycles. The van der Waals surface area contributed by atoms with Gasteiger partial charge in [-0.15, -0.1) is 0 Å². The van der Waals surface area contributed by atoms with E-state index in [1.54, 1.807) is 0 Å². The Labute approximate surface area is 547 Å². The first-order valence-corrected chi connectivity index (χ1v) is 31.3. The molecule has 0 aliphatic rings. The summed E-state index contributed by atoms with van der Waals surface area (Å²) in [6.45, 7) is 0. The fraction of sp³-hybridized carbons (Fsp3) is 0. The van der Waals surface area contributed by atoms with Gasteiger partial charge in [0.15, 0.2) is 11.6 Å². The van der Waals surface area contributed by atoms with Crippen molar-refractivity contribution in [3.63, 3.8) is 0 Å². The number of nitrogens with zero attached hydrogens (tertiary/aromatic N) is 14. The Bertz CT molecular complexity index is 6290. The molecule has 96 heavy (non-hydrogen) atoms. The molecule has 19 rings (SSSR count). The summed E-state index contributed by atoms with van der Waals surface area (Å²) < 4.78 is 0. The average Bonchev–Trinajstić information content (AvgIpc) is 0.784. The fourth-order valence-electron chi connectivity index (χ4n) is 12.9. The molecular formula is C82H48N14. The molecule has 0 atom stereocenters. The maximum absolute atomic E-state index is 5.21. The van der Waals surface area contributed by atoms with Crippen LogP contribution < -0.4 is 0 Å². The van der Waals surface area contributed by atoms with Crippen LogP contribution in [0.1, 0.15) is 0 Å². The number of hydrogen-bond acceptors (Lipinski definition) is 14. The van der Waals surface area contributed by atoms with Crippen molar-refractivity contribution in [2.45, 2.75) is 0 Å². The predicted molar refractivity (Wildman–Crippen MR) is 383 cm³/mol. The van der Waals surface area contributed by atoms with Crippen molar-refractivity contribution in [2.75, 3.05) is 0 Å². The normalized spacial score (nSPS) is 11.5. The van der Waals surface area contributed by atoms with Gasteiger partial charge < -0.3 is 0 Å². The largest absolute Gasteiger partial charge is 0.254 e. The number of benzene rings is 9. The summed E-state index contributed by atoms with van der Waals surface area (Å²) in [6.07, 6.45) is 11.4. The molecule has 0 spiro atoms. The molecule has 19 aromatic rings. The second-order valence-corrected chi connectivity index (χ2v) is 23.4. The van der Waals surface area contributed by atoms with Crippen LogP contribution in [0.4, 0.5) is 0 Å². The van der Waals surface area contributed by atoms with E-state index in [9.17, 15) is 0 Å². The minimum Gasteiger partial charge on any atom is -0.254 e. The molecule has 0 unspecified atom stereocenters. The molecule has 446 valence electrons. The molecule has 0 saturated heterocycles. The van der Waals surface area contributed by atoms with Crippen molar-refractivity contribution in [3.05, 3.63) is 293 Å². The lowest BCUT2D eigenvalue weighted by atomic mass is 9.95. The van der Waals surface area contributed by atoms with Crippen LogP contribution in [0.3, 0.4) is 0 Å². The number of rotatable bonds is 8. The fourth-order valence-corrected chi connectivity index (χ4v) is 12.9. The topological polar surface area (TPSA) is 180 Å². The van der Waals surface area contributed by atoms with Gasteiger partial charge in [-0.2, -0.15) is 0 Å². The molecule has 14 heteroatoms. The molecule has 10 heterocycles. The molecule has 0 fully saturated rings. The number of hydrogen-bond donors (Lipinski definition) is 0. The molecule has 0 radical (unpaired) electrons. The van der Waals surface area contributed by atoms with Gasteiger partial charge in [-0.05, 0) is 123 Å². The third-order valence-corrected chi connectivity index (χ3v) is 17.7. The lowest BCUT2D eigenvalue weighted by Crippen LogP contribution is -1.93. The van der Waals surface area contributed by atoms with Crippen LogP contribution in [0, 0.1) is 0 Å². The lowest BCUT2D eigenvalue weighted by Gasteiger charge is -2.13. The molecule has 0 bridgehead atoms. The third-order valence-electron chi connectivity index (χ3n) is 17.7. The Hall–Kier alpha value is -13.5. The maximum atomic E-state index is 5.21. The van der Waals surface area contributed by atoms with Gasteiger partial charge in [-0.1, -0.05) is 170 Å². The summed E-state index contributed by atoms with van der Waals surface area (Å²) in [5.41, 5.74) is 21.2. The number of fused-ring (bicyclic) bond motifs is 11. The monoisotopic (exact) mass is 1230 g/mol. The van der Waals surface area contributed by atoms with Crippen LogP contribution in [0.2, 0.25) is 0 Å². The summed E-state index contributed by atoms with van der Waals surface area (Å²) in [6, 6.07) is 86.2. The van der Waals surface area contributed by atoms with Gasteiger partial charge in [0.05, 0.1) is 61.2 Å². The van der Waals surface area contributed by atoms with E-state index >= 15 is 0 Å². The Morgan fingerprint density at radius 3 is 1.09 bits per heavy atom. The number of aromatic nitrogens is 14. The van der Waals surface area contributed by atoms with E-state index in [0.29, 0.717) is 23.0 Å². The van der Waals surface area contributed by atoms with Crippen LogP contribution in [0.5, 0.6) is 0 Å². The highest BCUT2D eigenvalue weighted by Gasteiger charge is 2.17. The molecule has 0 aliphatic carbocycles. The Kier molecular flexibility index (Phi) is 13.5. The van der Waals surface area contributed by atoms with Crippen LogP contribution in [0.15, 0.2) is 293 Å². The number of pyridine rings is 8. The van der Waals surface area contributed by atoms with Gasteiger partial charge in [0, 0.05) is 78.4 Å². The second-order valence-electron chi connectivity index (χ2n) is 23.4. The first kappa shape index (κ1) is 55.4. The first-order valence-electron chi connectivity index (χ1n) is 31.3. The minimum atomic E-state index is 0.551. The highest BCUT2D eigenvalue weighted by atomic mass is 15.0. The zero-order valence-electron chi connectivity index (χ0n) is 51.0. The zero-order valence-corrected chi connectivity index (χ0v) is 51.0. The highest BCUT2D eigenvalue weighted by Crippen LogP contribution is 2.39. The second kappa shape index (κ2) is 23.3. The van der Waals surface area contributed by atoms with Gasteiger partial charge in [0.25, 0.3) is 0 Å². The van der Waals surface area contributed by atoms with Crippen molar-refractivity contribution in [2.24, 2.45) is 0 Å². The summed E-state index contributed by atoms with van der Waals surface area (Å²) in [5.74, 6) is 1.10. The molecule has 10 aromatic heterocycles. The molecule has 0 N–H and O–H groups in total. The SMILES string of the molecule is c1cnc2c(c1)cc(-c1ccc(-c3ccc4ccc(-c5ccc6ccc(-c7ncncn7)nc6c5)cc4n3)cc1)c1cccnc12.c1cnc2c(c1)ccc1ccc(-c3ccc(-c4ccc5ccc(-c6ccc7ccc(-c8ncncn8)nc7c6)cc5n4)c4ccccc34)nc12. The predicted octanol–water partition coefficient (Wildman–Crippen LogP) is 18.6. The van der Waals surface area contributed by atoms with Gasteiger partial charge in [0.1, 0.15) is 36.7 Å². The van der Waals surface area contributed by atoms with E-state index in [1.807, 2.05) is 61.1 Å². The van der Waals surface area contributed by atoms with Gasteiger partial charge in [0.2, 0.25) is 0 Å². The summed E-state index contributed by atoms with van der Waals surface area (Å²) >= 11 is 0. The average molecular weight is 1230 g/mol. The van der Waals surface area contributed by atoms with Crippen LogP contribution >= 0.6 is 0 Å². The first-order chi connectivity index (χ1) is 47.5. The summed E-state index contributed by atoms with van der Waals surface area (Å²) in [4.78, 5) is 63.9. The van der Waals surface area contributed by atoms with Gasteiger partial charge in [-0.3, -0.25) is 15.0 Å². The zero-order chi connectivity index (χ0) is 63.5. The summed E-state index contributed by atoms with van der Waals surface area (Å²) in [5, 5.41) is 10.8. The van der Waals surface area contributed by atoms with E-state index in [-0.39, 0.29) is 0 Å². The van der Waals surface area contributed by atoms with Crippen LogP contribution in [-0.4, -0.2) is 69.8 Å². The highest BCUT2D eigenvalue weighted by molar-refractivity contribution is 6.11. The van der Waals surface area contributed by atoms with Gasteiger partial charge >= 0.3 is 0 Å². The van der Waals surface area contributed by atoms with Crippen molar-refractivity contribution >= 4 is 98.0 Å². The Morgan fingerprint density at radius 2 is 0.562 bits per heavy atom. The molecular weight excluding hydrogens is 1180 g/mol. The molecule has 0 aliphatic heterocycles. The van der Waals surface area contributed by atoms with E-state index in [2.05, 4.69) is 251 Å². The molecule has 0 amide bonds. The standard InChI is InChI=1S/C43H25N7.C39H23N7/c1-2-6-33-32(5-1)34(16-17-35(33)37-19-15-29-10-9-28-4-3-21-45-41(28)42(29)50-37)36-18-13-26-7-11-30(22-39(26)48-36)31-12-8-27-14-20-38(49-40(27)23-31)43-46-24-44-25-47-43;1-3-30-19-32(31-4-2-18-42-38(31)37(30)41-17-1)24-5-7-25(8-6-24)33-15-13-26-9-11-28(20-35(26)45-33)29-12-10-27-14-16-34(46-36(27)21-29)39-43-22-40-23-44-39/h1-25H;1-23H. The third kappa shape index (κ3) is 10.2. The van der Waals surface area contributed by atoms with Gasteiger partial charge in [-0.25, -0.2) is 54.8 Å². The maximum Gasteiger partial charge on any atom is 0.181 e. The quantitative estimate of drug-likeness (QED) is 0.131. The van der Waals surface area contributed by atoms with Crippen LogP contribution in [0.25, 0.3) is 188 Å².